The molecular weight excluding hydrogens is 270 g/mol. The van der Waals surface area contributed by atoms with Gasteiger partial charge in [0.2, 0.25) is 0 Å². The summed E-state index contributed by atoms with van der Waals surface area (Å²) < 4.78 is 5.95. The molecule has 1 N–H and O–H groups in total. The van der Waals surface area contributed by atoms with Crippen LogP contribution in [0, 0.1) is 6.92 Å². The summed E-state index contributed by atoms with van der Waals surface area (Å²) in [7, 11) is 0. The minimum Gasteiger partial charge on any atom is -0.457 e. The number of hydrogen-bond acceptors (Lipinski definition) is 2. The standard InChI is InChI=1S/C17H20ClNO/c1-12(2)19-11-15-16(18)5-4-6-17(15)20-14-9-7-13(3)8-10-14/h4-10,12,19H,11H2,1-3H3. The SMILES string of the molecule is Cc1ccc(Oc2cccc(Cl)c2CNC(C)C)cc1. The second-order valence-corrected chi connectivity index (χ2v) is 5.57. The maximum atomic E-state index is 6.28. The third kappa shape index (κ3) is 3.99. The first-order valence-electron chi connectivity index (χ1n) is 6.81. The monoisotopic (exact) mass is 289 g/mol. The van der Waals surface area contributed by atoms with Crippen molar-refractivity contribution in [2.24, 2.45) is 0 Å². The van der Waals surface area contributed by atoms with Crippen LogP contribution in [0.2, 0.25) is 5.02 Å². The fraction of sp³-hybridized carbons (Fsp3) is 0.294. The number of benzene rings is 2. The Morgan fingerprint density at radius 2 is 1.80 bits per heavy atom. The first-order chi connectivity index (χ1) is 9.56. The molecule has 0 bridgehead atoms. The van der Waals surface area contributed by atoms with Crippen molar-refractivity contribution < 1.29 is 4.74 Å². The van der Waals surface area contributed by atoms with Crippen molar-refractivity contribution in [2.45, 2.75) is 33.4 Å². The highest BCUT2D eigenvalue weighted by Crippen LogP contribution is 2.30. The summed E-state index contributed by atoms with van der Waals surface area (Å²) in [4.78, 5) is 0. The maximum absolute atomic E-state index is 6.28. The Balaban J connectivity index is 2.22. The van der Waals surface area contributed by atoms with Gasteiger partial charge in [0.25, 0.3) is 0 Å². The highest BCUT2D eigenvalue weighted by Gasteiger charge is 2.09. The van der Waals surface area contributed by atoms with Gasteiger partial charge in [-0.25, -0.2) is 0 Å². The highest BCUT2D eigenvalue weighted by atomic mass is 35.5. The summed E-state index contributed by atoms with van der Waals surface area (Å²) >= 11 is 6.28. The van der Waals surface area contributed by atoms with E-state index in [0.717, 1.165) is 22.1 Å². The van der Waals surface area contributed by atoms with Crippen LogP contribution in [0.5, 0.6) is 11.5 Å². The smallest absolute Gasteiger partial charge is 0.133 e. The summed E-state index contributed by atoms with van der Waals surface area (Å²) in [5, 5.41) is 4.10. The Morgan fingerprint density at radius 3 is 2.45 bits per heavy atom. The third-order valence-electron chi connectivity index (χ3n) is 3.01. The van der Waals surface area contributed by atoms with Crippen LogP contribution in [-0.2, 0) is 6.54 Å². The summed E-state index contributed by atoms with van der Waals surface area (Å²) in [5.74, 6) is 1.62. The number of hydrogen-bond donors (Lipinski definition) is 1. The average Bonchev–Trinajstić information content (AvgIpc) is 2.40. The zero-order chi connectivity index (χ0) is 14.5. The van der Waals surface area contributed by atoms with E-state index in [0.29, 0.717) is 12.6 Å². The first-order valence-corrected chi connectivity index (χ1v) is 7.19. The summed E-state index contributed by atoms with van der Waals surface area (Å²) in [5.41, 5.74) is 2.20. The largest absolute Gasteiger partial charge is 0.457 e. The molecule has 2 aromatic rings. The maximum Gasteiger partial charge on any atom is 0.133 e. The van der Waals surface area contributed by atoms with E-state index in [1.165, 1.54) is 5.56 Å². The summed E-state index contributed by atoms with van der Waals surface area (Å²) in [6.07, 6.45) is 0. The van der Waals surface area contributed by atoms with E-state index >= 15 is 0 Å². The molecule has 2 rings (SSSR count). The third-order valence-corrected chi connectivity index (χ3v) is 3.37. The zero-order valence-corrected chi connectivity index (χ0v) is 12.9. The van der Waals surface area contributed by atoms with Gasteiger partial charge in [0.15, 0.2) is 0 Å². The van der Waals surface area contributed by atoms with Gasteiger partial charge in [0, 0.05) is 23.2 Å². The molecule has 0 heterocycles. The van der Waals surface area contributed by atoms with Gasteiger partial charge >= 0.3 is 0 Å². The lowest BCUT2D eigenvalue weighted by molar-refractivity contribution is 0.469. The predicted octanol–water partition coefficient (Wildman–Crippen LogP) is 4.94. The number of nitrogens with one attached hydrogen (secondary N) is 1. The van der Waals surface area contributed by atoms with Crippen molar-refractivity contribution in [1.82, 2.24) is 5.32 Å². The molecule has 2 aromatic carbocycles. The number of aryl methyl sites for hydroxylation is 1. The lowest BCUT2D eigenvalue weighted by atomic mass is 10.2. The highest BCUT2D eigenvalue weighted by molar-refractivity contribution is 6.31. The van der Waals surface area contributed by atoms with Crippen molar-refractivity contribution in [3.05, 3.63) is 58.6 Å². The van der Waals surface area contributed by atoms with E-state index in [9.17, 15) is 0 Å². The van der Waals surface area contributed by atoms with E-state index in [1.54, 1.807) is 0 Å². The van der Waals surface area contributed by atoms with Gasteiger partial charge in [-0.05, 0) is 31.2 Å². The number of rotatable bonds is 5. The van der Waals surface area contributed by atoms with Crippen LogP contribution in [0.25, 0.3) is 0 Å². The van der Waals surface area contributed by atoms with Gasteiger partial charge in [-0.1, -0.05) is 49.2 Å². The molecule has 2 nitrogen and oxygen atoms in total. The second kappa shape index (κ2) is 6.78. The predicted molar refractivity (Wildman–Crippen MR) is 84.7 cm³/mol. The van der Waals surface area contributed by atoms with Gasteiger partial charge in [-0.2, -0.15) is 0 Å². The van der Waals surface area contributed by atoms with Crippen molar-refractivity contribution in [1.29, 1.82) is 0 Å². The van der Waals surface area contributed by atoms with Crippen LogP contribution in [0.15, 0.2) is 42.5 Å². The quantitative estimate of drug-likeness (QED) is 0.842. The van der Waals surface area contributed by atoms with Crippen molar-refractivity contribution >= 4 is 11.6 Å². The molecule has 0 spiro atoms. The van der Waals surface area contributed by atoms with E-state index in [1.807, 2.05) is 42.5 Å². The fourth-order valence-corrected chi connectivity index (χ4v) is 2.08. The lowest BCUT2D eigenvalue weighted by Crippen LogP contribution is -2.22. The lowest BCUT2D eigenvalue weighted by Gasteiger charge is -2.15. The topological polar surface area (TPSA) is 21.3 Å². The normalized spacial score (nSPS) is 10.8. The fourth-order valence-electron chi connectivity index (χ4n) is 1.85. The average molecular weight is 290 g/mol. The van der Waals surface area contributed by atoms with Gasteiger partial charge in [0.1, 0.15) is 11.5 Å². The Kier molecular flexibility index (Phi) is 5.05. The minimum absolute atomic E-state index is 0.401. The van der Waals surface area contributed by atoms with Crippen LogP contribution in [0.1, 0.15) is 25.0 Å². The summed E-state index contributed by atoms with van der Waals surface area (Å²) in [6.45, 7) is 6.97. The molecular formula is C17H20ClNO. The van der Waals surface area contributed by atoms with Gasteiger partial charge in [-0.15, -0.1) is 0 Å². The molecule has 0 aliphatic carbocycles. The van der Waals surface area contributed by atoms with E-state index in [-0.39, 0.29) is 0 Å². The van der Waals surface area contributed by atoms with E-state index < -0.39 is 0 Å². The molecule has 0 unspecified atom stereocenters. The minimum atomic E-state index is 0.401. The second-order valence-electron chi connectivity index (χ2n) is 5.17. The van der Waals surface area contributed by atoms with Crippen molar-refractivity contribution in [3.63, 3.8) is 0 Å². The molecule has 0 aromatic heterocycles. The Morgan fingerprint density at radius 1 is 1.10 bits per heavy atom. The van der Waals surface area contributed by atoms with Gasteiger partial charge in [-0.3, -0.25) is 0 Å². The molecule has 0 amide bonds. The van der Waals surface area contributed by atoms with Crippen LogP contribution < -0.4 is 10.1 Å². The Hall–Kier alpha value is -1.51. The molecule has 3 heteroatoms. The molecule has 0 saturated heterocycles. The van der Waals surface area contributed by atoms with Crippen molar-refractivity contribution in [2.75, 3.05) is 0 Å². The van der Waals surface area contributed by atoms with Gasteiger partial charge < -0.3 is 10.1 Å². The number of ether oxygens (including phenoxy) is 1. The number of halogens is 1. The first kappa shape index (κ1) is 14.9. The molecule has 0 atom stereocenters. The molecule has 0 aliphatic rings. The van der Waals surface area contributed by atoms with Gasteiger partial charge in [0.05, 0.1) is 0 Å². The molecule has 20 heavy (non-hydrogen) atoms. The van der Waals surface area contributed by atoms with E-state index in [2.05, 4.69) is 26.1 Å². The Bertz CT molecular complexity index is 564. The van der Waals surface area contributed by atoms with E-state index in [4.69, 9.17) is 16.3 Å². The van der Waals surface area contributed by atoms with Crippen LogP contribution in [-0.4, -0.2) is 6.04 Å². The van der Waals surface area contributed by atoms with Crippen molar-refractivity contribution in [3.8, 4) is 11.5 Å². The Labute approximate surface area is 125 Å². The zero-order valence-electron chi connectivity index (χ0n) is 12.1. The van der Waals surface area contributed by atoms with Crippen LogP contribution >= 0.6 is 11.6 Å². The summed E-state index contributed by atoms with van der Waals surface area (Å²) in [6, 6.07) is 14.1. The van der Waals surface area contributed by atoms with Crippen LogP contribution in [0.3, 0.4) is 0 Å². The molecule has 0 fully saturated rings. The molecule has 0 radical (unpaired) electrons. The molecule has 0 aliphatic heterocycles. The molecule has 106 valence electrons. The molecule has 0 saturated carbocycles. The van der Waals surface area contributed by atoms with Crippen LogP contribution in [0.4, 0.5) is 0 Å².